The normalized spacial score (nSPS) is 19.1. The lowest BCUT2D eigenvalue weighted by atomic mass is 10.2. The van der Waals surface area contributed by atoms with Crippen molar-refractivity contribution in [2.75, 3.05) is 40.3 Å². The van der Waals surface area contributed by atoms with Crippen LogP contribution in [0.4, 0.5) is 0 Å². The first-order valence-electron chi connectivity index (χ1n) is 7.41. The van der Waals surface area contributed by atoms with Gasteiger partial charge in [-0.25, -0.2) is 4.79 Å². The lowest BCUT2D eigenvalue weighted by Crippen LogP contribution is -2.39. The molecule has 0 aliphatic carbocycles. The van der Waals surface area contributed by atoms with Crippen molar-refractivity contribution < 1.29 is 14.6 Å². The van der Waals surface area contributed by atoms with E-state index < -0.39 is 5.97 Å². The highest BCUT2D eigenvalue weighted by atomic mass is 16.5. The molecule has 0 aromatic heterocycles. The van der Waals surface area contributed by atoms with E-state index in [2.05, 4.69) is 23.9 Å². The Morgan fingerprint density at radius 1 is 1.38 bits per heavy atom. The SMILES string of the molecule is CN(C)CC1CCCN1CCOc1ccc(C(=O)O)cc1. The van der Waals surface area contributed by atoms with Gasteiger partial charge >= 0.3 is 5.97 Å². The zero-order valence-corrected chi connectivity index (χ0v) is 12.8. The summed E-state index contributed by atoms with van der Waals surface area (Å²) in [6.45, 7) is 3.78. The Hall–Kier alpha value is -1.59. The third-order valence-corrected chi connectivity index (χ3v) is 3.82. The lowest BCUT2D eigenvalue weighted by Gasteiger charge is -2.26. The number of carboxylic acid groups (broad SMARTS) is 1. The minimum atomic E-state index is -0.912. The van der Waals surface area contributed by atoms with Crippen molar-refractivity contribution in [3.8, 4) is 5.75 Å². The minimum Gasteiger partial charge on any atom is -0.492 e. The van der Waals surface area contributed by atoms with Gasteiger partial charge in [-0.05, 0) is 57.7 Å². The molecule has 1 aliphatic heterocycles. The molecule has 2 rings (SSSR count). The number of carboxylic acids is 1. The molecular weight excluding hydrogens is 268 g/mol. The average molecular weight is 292 g/mol. The summed E-state index contributed by atoms with van der Waals surface area (Å²) in [6, 6.07) is 7.19. The van der Waals surface area contributed by atoms with E-state index in [1.54, 1.807) is 24.3 Å². The van der Waals surface area contributed by atoms with E-state index in [1.165, 1.54) is 12.8 Å². The second kappa shape index (κ2) is 7.43. The van der Waals surface area contributed by atoms with Gasteiger partial charge in [-0.15, -0.1) is 0 Å². The standard InChI is InChI=1S/C16H24N2O3/c1-17(2)12-14-4-3-9-18(14)10-11-21-15-7-5-13(6-8-15)16(19)20/h5-8,14H,3-4,9-12H2,1-2H3,(H,19,20). The molecule has 1 unspecified atom stereocenters. The Bertz CT molecular complexity index is 459. The van der Waals surface area contributed by atoms with E-state index in [0.717, 1.165) is 25.4 Å². The van der Waals surface area contributed by atoms with Gasteiger partial charge in [0.25, 0.3) is 0 Å². The molecule has 0 bridgehead atoms. The summed E-state index contributed by atoms with van der Waals surface area (Å²) in [7, 11) is 4.22. The van der Waals surface area contributed by atoms with Gasteiger partial charge in [0.1, 0.15) is 12.4 Å². The van der Waals surface area contributed by atoms with E-state index in [0.29, 0.717) is 12.6 Å². The smallest absolute Gasteiger partial charge is 0.335 e. The summed E-state index contributed by atoms with van der Waals surface area (Å²) in [5, 5.41) is 8.84. The van der Waals surface area contributed by atoms with Gasteiger partial charge in [0.05, 0.1) is 5.56 Å². The topological polar surface area (TPSA) is 53.0 Å². The Morgan fingerprint density at radius 3 is 2.71 bits per heavy atom. The zero-order chi connectivity index (χ0) is 15.2. The highest BCUT2D eigenvalue weighted by Crippen LogP contribution is 2.18. The van der Waals surface area contributed by atoms with E-state index in [4.69, 9.17) is 9.84 Å². The van der Waals surface area contributed by atoms with Crippen molar-refractivity contribution in [2.45, 2.75) is 18.9 Å². The summed E-state index contributed by atoms with van der Waals surface area (Å²) in [5.74, 6) is -0.187. The maximum atomic E-state index is 10.8. The lowest BCUT2D eigenvalue weighted by molar-refractivity contribution is 0.0697. The largest absolute Gasteiger partial charge is 0.492 e. The third kappa shape index (κ3) is 4.72. The Morgan fingerprint density at radius 2 is 2.10 bits per heavy atom. The molecule has 5 heteroatoms. The first-order chi connectivity index (χ1) is 10.1. The summed E-state index contributed by atoms with van der Waals surface area (Å²) < 4.78 is 5.71. The van der Waals surface area contributed by atoms with Gasteiger partial charge in [-0.2, -0.15) is 0 Å². The van der Waals surface area contributed by atoms with Crippen molar-refractivity contribution in [1.29, 1.82) is 0 Å². The van der Waals surface area contributed by atoms with Gasteiger partial charge in [-0.3, -0.25) is 4.90 Å². The van der Waals surface area contributed by atoms with Crippen LogP contribution in [0, 0.1) is 0 Å². The van der Waals surface area contributed by atoms with E-state index >= 15 is 0 Å². The quantitative estimate of drug-likeness (QED) is 0.830. The molecule has 0 saturated carbocycles. The van der Waals surface area contributed by atoms with Crippen molar-refractivity contribution in [1.82, 2.24) is 9.80 Å². The van der Waals surface area contributed by atoms with Crippen LogP contribution in [0.5, 0.6) is 5.75 Å². The zero-order valence-electron chi connectivity index (χ0n) is 12.8. The molecule has 1 atom stereocenters. The molecule has 1 fully saturated rings. The van der Waals surface area contributed by atoms with Gasteiger partial charge in [0, 0.05) is 19.1 Å². The highest BCUT2D eigenvalue weighted by Gasteiger charge is 2.24. The fourth-order valence-electron chi connectivity index (χ4n) is 2.79. The molecular formula is C16H24N2O3. The van der Waals surface area contributed by atoms with Crippen molar-refractivity contribution in [3.05, 3.63) is 29.8 Å². The highest BCUT2D eigenvalue weighted by molar-refractivity contribution is 5.87. The summed E-state index contributed by atoms with van der Waals surface area (Å²) in [4.78, 5) is 15.5. The molecule has 1 saturated heterocycles. The number of ether oxygens (including phenoxy) is 1. The van der Waals surface area contributed by atoms with Gasteiger partial charge in [0.2, 0.25) is 0 Å². The van der Waals surface area contributed by atoms with Gasteiger partial charge < -0.3 is 14.7 Å². The molecule has 0 radical (unpaired) electrons. The van der Waals surface area contributed by atoms with Crippen LogP contribution in [-0.4, -0.2) is 67.3 Å². The predicted octanol–water partition coefficient (Wildman–Crippen LogP) is 1.79. The molecule has 0 spiro atoms. The van der Waals surface area contributed by atoms with E-state index in [1.807, 2.05) is 0 Å². The number of rotatable bonds is 7. The molecule has 1 aromatic rings. The molecule has 1 N–H and O–H groups in total. The first kappa shape index (κ1) is 15.8. The molecule has 5 nitrogen and oxygen atoms in total. The molecule has 1 aromatic carbocycles. The number of hydrogen-bond acceptors (Lipinski definition) is 4. The average Bonchev–Trinajstić information content (AvgIpc) is 2.86. The Labute approximate surface area is 126 Å². The van der Waals surface area contributed by atoms with Crippen LogP contribution in [0.15, 0.2) is 24.3 Å². The second-order valence-electron chi connectivity index (χ2n) is 5.77. The second-order valence-corrected chi connectivity index (χ2v) is 5.77. The minimum absolute atomic E-state index is 0.285. The third-order valence-electron chi connectivity index (χ3n) is 3.82. The van der Waals surface area contributed by atoms with Crippen LogP contribution in [0.2, 0.25) is 0 Å². The summed E-state index contributed by atoms with van der Waals surface area (Å²) >= 11 is 0. The number of hydrogen-bond donors (Lipinski definition) is 1. The monoisotopic (exact) mass is 292 g/mol. The Balaban J connectivity index is 1.77. The Kier molecular flexibility index (Phi) is 5.59. The number of aromatic carboxylic acids is 1. The number of benzene rings is 1. The van der Waals surface area contributed by atoms with E-state index in [9.17, 15) is 4.79 Å². The molecule has 21 heavy (non-hydrogen) atoms. The number of likely N-dealkylation sites (tertiary alicyclic amines) is 1. The van der Waals surface area contributed by atoms with Crippen LogP contribution >= 0.6 is 0 Å². The van der Waals surface area contributed by atoms with Crippen LogP contribution in [-0.2, 0) is 0 Å². The molecule has 1 aliphatic rings. The first-order valence-corrected chi connectivity index (χ1v) is 7.41. The summed E-state index contributed by atoms with van der Waals surface area (Å²) in [5.41, 5.74) is 0.285. The van der Waals surface area contributed by atoms with Crippen LogP contribution < -0.4 is 4.74 Å². The van der Waals surface area contributed by atoms with Crippen LogP contribution in [0.3, 0.4) is 0 Å². The van der Waals surface area contributed by atoms with Crippen LogP contribution in [0.25, 0.3) is 0 Å². The fraction of sp³-hybridized carbons (Fsp3) is 0.562. The molecule has 0 amide bonds. The molecule has 1 heterocycles. The number of likely N-dealkylation sites (N-methyl/N-ethyl adjacent to an activating group) is 1. The maximum absolute atomic E-state index is 10.8. The van der Waals surface area contributed by atoms with Crippen LogP contribution in [0.1, 0.15) is 23.2 Å². The van der Waals surface area contributed by atoms with Gasteiger partial charge in [-0.1, -0.05) is 0 Å². The maximum Gasteiger partial charge on any atom is 0.335 e. The van der Waals surface area contributed by atoms with Crippen molar-refractivity contribution in [3.63, 3.8) is 0 Å². The fourth-order valence-corrected chi connectivity index (χ4v) is 2.79. The van der Waals surface area contributed by atoms with Crippen molar-refractivity contribution in [2.24, 2.45) is 0 Å². The number of nitrogens with zero attached hydrogens (tertiary/aromatic N) is 2. The van der Waals surface area contributed by atoms with Gasteiger partial charge in [0.15, 0.2) is 0 Å². The van der Waals surface area contributed by atoms with Crippen molar-refractivity contribution >= 4 is 5.97 Å². The summed E-state index contributed by atoms with van der Waals surface area (Å²) in [6.07, 6.45) is 2.51. The number of carbonyl (C=O) groups is 1. The predicted molar refractivity (Wildman–Crippen MR) is 82.0 cm³/mol. The van der Waals surface area contributed by atoms with E-state index in [-0.39, 0.29) is 5.56 Å². The molecule has 116 valence electrons.